The van der Waals surface area contributed by atoms with Crippen LogP contribution in [0, 0.1) is 5.82 Å². The maximum Gasteiger partial charge on any atom is 0.123 e. The first-order chi connectivity index (χ1) is 6.68. The Balaban J connectivity index is 2.35. The summed E-state index contributed by atoms with van der Waals surface area (Å²) in [6.07, 6.45) is 2.04. The Bertz CT molecular complexity index is 347. The minimum atomic E-state index is -0.278. The standard InChI is InChI=1S/C11H14FNO/c1-13-7-11(4-5-11)9-6-8(12)2-3-10(9)14/h2-3,6,13-14H,4-5,7H2,1H3. The highest BCUT2D eigenvalue weighted by Gasteiger charge is 2.45. The Morgan fingerprint density at radius 1 is 1.50 bits per heavy atom. The summed E-state index contributed by atoms with van der Waals surface area (Å²) in [5.41, 5.74) is 0.716. The van der Waals surface area contributed by atoms with E-state index in [-0.39, 0.29) is 17.0 Å². The van der Waals surface area contributed by atoms with Gasteiger partial charge in [-0.1, -0.05) is 0 Å². The highest BCUT2D eigenvalue weighted by Crippen LogP contribution is 2.50. The first-order valence-corrected chi connectivity index (χ1v) is 4.81. The van der Waals surface area contributed by atoms with Crippen molar-refractivity contribution in [2.24, 2.45) is 0 Å². The minimum Gasteiger partial charge on any atom is -0.508 e. The van der Waals surface area contributed by atoms with Gasteiger partial charge in [0.15, 0.2) is 0 Å². The van der Waals surface area contributed by atoms with Crippen LogP contribution in [0.2, 0.25) is 0 Å². The van der Waals surface area contributed by atoms with E-state index in [9.17, 15) is 9.50 Å². The normalized spacial score (nSPS) is 18.1. The Morgan fingerprint density at radius 2 is 2.21 bits per heavy atom. The molecular weight excluding hydrogens is 181 g/mol. The molecule has 14 heavy (non-hydrogen) atoms. The summed E-state index contributed by atoms with van der Waals surface area (Å²) in [6, 6.07) is 4.16. The van der Waals surface area contributed by atoms with Crippen LogP contribution in [0.4, 0.5) is 4.39 Å². The molecule has 1 fully saturated rings. The molecule has 1 saturated carbocycles. The van der Waals surface area contributed by atoms with Gasteiger partial charge >= 0.3 is 0 Å². The van der Waals surface area contributed by atoms with Crippen molar-refractivity contribution in [1.29, 1.82) is 0 Å². The zero-order chi connectivity index (χ0) is 10.2. The van der Waals surface area contributed by atoms with Crippen LogP contribution < -0.4 is 5.32 Å². The van der Waals surface area contributed by atoms with Crippen LogP contribution in [0.25, 0.3) is 0 Å². The zero-order valence-electron chi connectivity index (χ0n) is 8.18. The van der Waals surface area contributed by atoms with E-state index < -0.39 is 0 Å². The number of hydrogen-bond acceptors (Lipinski definition) is 2. The minimum absolute atomic E-state index is 0.0269. The molecule has 1 aromatic rings. The Morgan fingerprint density at radius 3 is 2.79 bits per heavy atom. The topological polar surface area (TPSA) is 32.3 Å². The third-order valence-electron chi connectivity index (χ3n) is 2.90. The number of phenols is 1. The highest BCUT2D eigenvalue weighted by atomic mass is 19.1. The molecular formula is C11H14FNO. The lowest BCUT2D eigenvalue weighted by molar-refractivity contribution is 0.452. The van der Waals surface area contributed by atoms with Crippen molar-refractivity contribution < 1.29 is 9.50 Å². The van der Waals surface area contributed by atoms with Gasteiger partial charge in [-0.25, -0.2) is 4.39 Å². The number of benzene rings is 1. The Labute approximate surface area is 82.8 Å². The average molecular weight is 195 g/mol. The third-order valence-corrected chi connectivity index (χ3v) is 2.90. The Kier molecular flexibility index (Phi) is 2.19. The quantitative estimate of drug-likeness (QED) is 0.770. The van der Waals surface area contributed by atoms with Crippen molar-refractivity contribution in [3.63, 3.8) is 0 Å². The monoisotopic (exact) mass is 195 g/mol. The molecule has 0 heterocycles. The van der Waals surface area contributed by atoms with E-state index in [1.807, 2.05) is 7.05 Å². The van der Waals surface area contributed by atoms with Gasteiger partial charge in [0.25, 0.3) is 0 Å². The summed E-state index contributed by atoms with van der Waals surface area (Å²) in [5.74, 6) is -0.0701. The van der Waals surface area contributed by atoms with E-state index >= 15 is 0 Å². The molecule has 0 aromatic heterocycles. The first kappa shape index (κ1) is 9.46. The first-order valence-electron chi connectivity index (χ1n) is 4.81. The van der Waals surface area contributed by atoms with Crippen LogP contribution in [0.5, 0.6) is 5.75 Å². The number of likely N-dealkylation sites (N-methyl/N-ethyl adjacent to an activating group) is 1. The molecule has 3 heteroatoms. The SMILES string of the molecule is CNCC1(c2cc(F)ccc2O)CC1. The summed E-state index contributed by atoms with van der Waals surface area (Å²) in [5, 5.41) is 12.7. The second-order valence-corrected chi connectivity index (χ2v) is 3.97. The number of hydrogen-bond donors (Lipinski definition) is 2. The van der Waals surface area contributed by atoms with Crippen molar-refractivity contribution in [2.45, 2.75) is 18.3 Å². The molecule has 2 N–H and O–H groups in total. The van der Waals surface area contributed by atoms with Gasteiger partial charge in [-0.2, -0.15) is 0 Å². The summed E-state index contributed by atoms with van der Waals surface area (Å²) in [4.78, 5) is 0. The molecule has 0 spiro atoms. The highest BCUT2D eigenvalue weighted by molar-refractivity contribution is 5.43. The molecule has 1 aliphatic rings. The Hall–Kier alpha value is -1.09. The number of halogens is 1. The van der Waals surface area contributed by atoms with E-state index in [1.54, 1.807) is 0 Å². The van der Waals surface area contributed by atoms with Crippen molar-refractivity contribution in [3.05, 3.63) is 29.6 Å². The summed E-state index contributed by atoms with van der Waals surface area (Å²) in [7, 11) is 1.87. The van der Waals surface area contributed by atoms with E-state index in [0.29, 0.717) is 0 Å². The molecule has 1 aromatic carbocycles. The maximum atomic E-state index is 13.0. The molecule has 1 aliphatic carbocycles. The van der Waals surface area contributed by atoms with Gasteiger partial charge in [0.05, 0.1) is 0 Å². The number of nitrogens with one attached hydrogen (secondary N) is 1. The lowest BCUT2D eigenvalue weighted by atomic mass is 9.95. The molecule has 0 radical (unpaired) electrons. The number of rotatable bonds is 3. The predicted molar refractivity (Wildman–Crippen MR) is 52.9 cm³/mol. The fourth-order valence-electron chi connectivity index (χ4n) is 1.96. The van der Waals surface area contributed by atoms with Crippen molar-refractivity contribution >= 4 is 0 Å². The van der Waals surface area contributed by atoms with Gasteiger partial charge in [-0.05, 0) is 38.1 Å². The van der Waals surface area contributed by atoms with Crippen LogP contribution in [0.15, 0.2) is 18.2 Å². The van der Waals surface area contributed by atoms with E-state index in [1.165, 1.54) is 18.2 Å². The van der Waals surface area contributed by atoms with E-state index in [4.69, 9.17) is 0 Å². The molecule has 0 amide bonds. The van der Waals surface area contributed by atoms with Gasteiger partial charge in [0, 0.05) is 17.5 Å². The van der Waals surface area contributed by atoms with Gasteiger partial charge in [0.2, 0.25) is 0 Å². The van der Waals surface area contributed by atoms with Gasteiger partial charge in [-0.15, -0.1) is 0 Å². The van der Waals surface area contributed by atoms with Crippen LogP contribution in [-0.2, 0) is 5.41 Å². The number of aromatic hydroxyl groups is 1. The second kappa shape index (κ2) is 3.24. The maximum absolute atomic E-state index is 13.0. The average Bonchev–Trinajstić information content (AvgIpc) is 2.91. The van der Waals surface area contributed by atoms with Crippen LogP contribution in [0.3, 0.4) is 0 Å². The number of phenolic OH excluding ortho intramolecular Hbond substituents is 1. The molecule has 2 rings (SSSR count). The fourth-order valence-corrected chi connectivity index (χ4v) is 1.96. The smallest absolute Gasteiger partial charge is 0.123 e. The molecule has 0 atom stereocenters. The fraction of sp³-hybridized carbons (Fsp3) is 0.455. The molecule has 2 nitrogen and oxygen atoms in total. The third kappa shape index (κ3) is 1.48. The van der Waals surface area contributed by atoms with Crippen LogP contribution in [-0.4, -0.2) is 18.7 Å². The second-order valence-electron chi connectivity index (χ2n) is 3.97. The molecule has 0 unspecified atom stereocenters. The summed E-state index contributed by atoms with van der Waals surface area (Å²) < 4.78 is 13.0. The van der Waals surface area contributed by atoms with Gasteiger partial charge in [-0.3, -0.25) is 0 Å². The van der Waals surface area contributed by atoms with Crippen LogP contribution in [0.1, 0.15) is 18.4 Å². The molecule has 0 bridgehead atoms. The van der Waals surface area contributed by atoms with Crippen LogP contribution >= 0.6 is 0 Å². The largest absolute Gasteiger partial charge is 0.508 e. The lowest BCUT2D eigenvalue weighted by Crippen LogP contribution is -2.23. The molecule has 76 valence electrons. The molecule has 0 aliphatic heterocycles. The van der Waals surface area contributed by atoms with Crippen molar-refractivity contribution in [1.82, 2.24) is 5.32 Å². The zero-order valence-corrected chi connectivity index (χ0v) is 8.18. The van der Waals surface area contributed by atoms with E-state index in [0.717, 1.165) is 24.9 Å². The lowest BCUT2D eigenvalue weighted by Gasteiger charge is -2.16. The molecule has 0 saturated heterocycles. The summed E-state index contributed by atoms with van der Waals surface area (Å²) in [6.45, 7) is 0.796. The van der Waals surface area contributed by atoms with Gasteiger partial charge < -0.3 is 10.4 Å². The summed E-state index contributed by atoms with van der Waals surface area (Å²) >= 11 is 0. The van der Waals surface area contributed by atoms with Gasteiger partial charge in [0.1, 0.15) is 11.6 Å². The van der Waals surface area contributed by atoms with Crippen molar-refractivity contribution in [2.75, 3.05) is 13.6 Å². The van der Waals surface area contributed by atoms with Crippen molar-refractivity contribution in [3.8, 4) is 5.75 Å². The van der Waals surface area contributed by atoms with E-state index in [2.05, 4.69) is 5.32 Å². The predicted octanol–water partition coefficient (Wildman–Crippen LogP) is 1.78.